The van der Waals surface area contributed by atoms with Gasteiger partial charge in [0.2, 0.25) is 5.91 Å². The van der Waals surface area contributed by atoms with E-state index in [1.807, 2.05) is 44.2 Å². The van der Waals surface area contributed by atoms with Crippen molar-refractivity contribution in [2.75, 3.05) is 24.3 Å². The van der Waals surface area contributed by atoms with Crippen LogP contribution in [-0.2, 0) is 21.0 Å². The van der Waals surface area contributed by atoms with E-state index >= 15 is 0 Å². The molecule has 1 spiro atoms. The molecule has 154 valence electrons. The molecule has 0 N–H and O–H groups in total. The normalized spacial score (nSPS) is 20.0. The van der Waals surface area contributed by atoms with Crippen molar-refractivity contribution in [1.29, 1.82) is 5.26 Å². The molecule has 2 aromatic carbocycles. The molecule has 6 nitrogen and oxygen atoms in total. The van der Waals surface area contributed by atoms with E-state index in [2.05, 4.69) is 6.07 Å². The number of benzene rings is 2. The first-order valence-electron chi connectivity index (χ1n) is 9.87. The molecule has 2 aliphatic rings. The van der Waals surface area contributed by atoms with E-state index < -0.39 is 4.87 Å². The zero-order chi connectivity index (χ0) is 21.5. The Morgan fingerprint density at radius 1 is 1.30 bits per heavy atom. The van der Waals surface area contributed by atoms with Crippen LogP contribution in [0.2, 0.25) is 0 Å². The average Bonchev–Trinajstić information content (AvgIpc) is 3.30. The van der Waals surface area contributed by atoms with E-state index in [4.69, 9.17) is 4.74 Å². The highest BCUT2D eigenvalue weighted by molar-refractivity contribution is 8.01. The number of methoxy groups -OCH3 is 1. The molecule has 0 bridgehead atoms. The molecule has 30 heavy (non-hydrogen) atoms. The van der Waals surface area contributed by atoms with Gasteiger partial charge in [0.1, 0.15) is 5.75 Å². The van der Waals surface area contributed by atoms with Crippen molar-refractivity contribution in [3.63, 3.8) is 0 Å². The third-order valence-electron chi connectivity index (χ3n) is 5.56. The molecule has 1 saturated heterocycles. The number of carbonyl (C=O) groups is 2. The van der Waals surface area contributed by atoms with Gasteiger partial charge in [-0.2, -0.15) is 5.26 Å². The lowest BCUT2D eigenvalue weighted by atomic mass is 10.0. The molecule has 2 heterocycles. The first-order valence-corrected chi connectivity index (χ1v) is 10.9. The lowest BCUT2D eigenvalue weighted by Gasteiger charge is -2.34. The van der Waals surface area contributed by atoms with E-state index in [-0.39, 0.29) is 17.7 Å². The predicted molar refractivity (Wildman–Crippen MR) is 116 cm³/mol. The number of hydrogen-bond acceptors (Lipinski definition) is 5. The van der Waals surface area contributed by atoms with Crippen molar-refractivity contribution in [3.05, 3.63) is 59.2 Å². The van der Waals surface area contributed by atoms with E-state index in [0.717, 1.165) is 16.8 Å². The van der Waals surface area contributed by atoms with Crippen molar-refractivity contribution in [3.8, 4) is 11.8 Å². The summed E-state index contributed by atoms with van der Waals surface area (Å²) >= 11 is 1.50. The molecule has 7 heteroatoms. The topological polar surface area (TPSA) is 73.6 Å². The van der Waals surface area contributed by atoms with Crippen molar-refractivity contribution < 1.29 is 14.3 Å². The number of nitrogens with zero attached hydrogens (tertiary/aromatic N) is 3. The minimum atomic E-state index is -1.07. The summed E-state index contributed by atoms with van der Waals surface area (Å²) in [5, 5.41) is 9.21. The number of fused-ring (bicyclic) bond motifs is 2. The van der Waals surface area contributed by atoms with Gasteiger partial charge in [0, 0.05) is 23.8 Å². The highest BCUT2D eigenvalue weighted by Gasteiger charge is 2.59. The number of hydrogen-bond donors (Lipinski definition) is 0. The second-order valence-electron chi connectivity index (χ2n) is 7.72. The van der Waals surface area contributed by atoms with Gasteiger partial charge in [-0.1, -0.05) is 26.0 Å². The molecule has 0 aromatic heterocycles. The maximum absolute atomic E-state index is 13.9. The van der Waals surface area contributed by atoms with E-state index in [0.29, 0.717) is 30.2 Å². The third kappa shape index (κ3) is 3.03. The molecule has 1 unspecified atom stereocenters. The number of nitriles is 1. The van der Waals surface area contributed by atoms with Crippen LogP contribution < -0.4 is 9.64 Å². The number of rotatable bonds is 4. The monoisotopic (exact) mass is 421 g/mol. The Hall–Kier alpha value is -2.98. The molecule has 1 fully saturated rings. The maximum atomic E-state index is 13.9. The highest BCUT2D eigenvalue weighted by Crippen LogP contribution is 2.55. The lowest BCUT2D eigenvalue weighted by molar-refractivity contribution is -0.142. The van der Waals surface area contributed by atoms with Crippen molar-refractivity contribution in [1.82, 2.24) is 4.90 Å². The third-order valence-corrected chi connectivity index (χ3v) is 6.98. The van der Waals surface area contributed by atoms with Crippen LogP contribution in [0, 0.1) is 17.2 Å². The Balaban J connectivity index is 1.83. The van der Waals surface area contributed by atoms with Crippen LogP contribution in [0.5, 0.6) is 5.75 Å². The van der Waals surface area contributed by atoms with Crippen molar-refractivity contribution in [2.45, 2.75) is 25.3 Å². The summed E-state index contributed by atoms with van der Waals surface area (Å²) in [5.74, 6) is 0.987. The van der Waals surface area contributed by atoms with Gasteiger partial charge in [-0.05, 0) is 35.9 Å². The van der Waals surface area contributed by atoms with Gasteiger partial charge in [-0.25, -0.2) is 0 Å². The Labute approximate surface area is 180 Å². The molecule has 0 aliphatic carbocycles. The lowest BCUT2D eigenvalue weighted by Crippen LogP contribution is -2.51. The van der Waals surface area contributed by atoms with Crippen LogP contribution >= 0.6 is 11.8 Å². The molecule has 2 aromatic rings. The Morgan fingerprint density at radius 3 is 2.80 bits per heavy atom. The number of amides is 2. The fourth-order valence-corrected chi connectivity index (χ4v) is 5.59. The second kappa shape index (κ2) is 7.69. The highest BCUT2D eigenvalue weighted by atomic mass is 32.2. The number of thioether (sulfide) groups is 1. The Kier molecular flexibility index (Phi) is 5.20. The number of anilines is 1. The van der Waals surface area contributed by atoms with Gasteiger partial charge in [0.25, 0.3) is 5.91 Å². The zero-order valence-corrected chi connectivity index (χ0v) is 18.0. The van der Waals surface area contributed by atoms with Crippen molar-refractivity contribution in [2.24, 2.45) is 5.92 Å². The maximum Gasteiger partial charge on any atom is 0.268 e. The van der Waals surface area contributed by atoms with Gasteiger partial charge in [0.05, 0.1) is 31.0 Å². The van der Waals surface area contributed by atoms with Crippen LogP contribution in [0.4, 0.5) is 5.69 Å². The van der Waals surface area contributed by atoms with Gasteiger partial charge in [0.15, 0.2) is 4.87 Å². The van der Waals surface area contributed by atoms with Gasteiger partial charge >= 0.3 is 0 Å². The smallest absolute Gasteiger partial charge is 0.268 e. The Bertz CT molecular complexity index is 1060. The molecular weight excluding hydrogens is 398 g/mol. The molecule has 4 rings (SSSR count). The molecule has 2 aliphatic heterocycles. The van der Waals surface area contributed by atoms with Crippen LogP contribution in [0.15, 0.2) is 42.5 Å². The fourth-order valence-electron chi connectivity index (χ4n) is 4.13. The first kappa shape index (κ1) is 20.3. The predicted octanol–water partition coefficient (Wildman–Crippen LogP) is 3.50. The Morgan fingerprint density at radius 2 is 2.10 bits per heavy atom. The average molecular weight is 422 g/mol. The summed E-state index contributed by atoms with van der Waals surface area (Å²) in [6.07, 6.45) is 0. The van der Waals surface area contributed by atoms with Crippen molar-refractivity contribution >= 4 is 29.3 Å². The largest absolute Gasteiger partial charge is 0.497 e. The van der Waals surface area contributed by atoms with Crippen LogP contribution in [0.1, 0.15) is 30.5 Å². The van der Waals surface area contributed by atoms with E-state index in [1.165, 1.54) is 11.8 Å². The zero-order valence-electron chi connectivity index (χ0n) is 17.2. The summed E-state index contributed by atoms with van der Waals surface area (Å²) in [6.45, 7) is 4.58. The standard InChI is InChI=1S/C23H23N3O3S/c1-15(2)21(27)26-9-10-30-23(26)19-12-18(29-3)7-8-20(19)25(22(23)28)14-17-6-4-5-16(11-17)13-24/h4-8,11-12,15H,9-10,14H2,1-3H3. The fraction of sp³-hybridized carbons (Fsp3) is 0.348. The number of carbonyl (C=O) groups excluding carboxylic acids is 2. The molecule has 0 saturated carbocycles. The molecule has 0 radical (unpaired) electrons. The minimum Gasteiger partial charge on any atom is -0.497 e. The van der Waals surface area contributed by atoms with Crippen LogP contribution in [0.3, 0.4) is 0 Å². The van der Waals surface area contributed by atoms with Crippen LogP contribution in [-0.4, -0.2) is 36.1 Å². The number of ether oxygens (including phenoxy) is 1. The van der Waals surface area contributed by atoms with Crippen LogP contribution in [0.25, 0.3) is 0 Å². The minimum absolute atomic E-state index is 0.0320. The molecular formula is C23H23N3O3S. The SMILES string of the molecule is COc1ccc2c(c1)C1(SCCN1C(=O)C(C)C)C(=O)N2Cc1cccc(C#N)c1. The summed E-state index contributed by atoms with van der Waals surface area (Å²) in [4.78, 5) is 29.3. The summed E-state index contributed by atoms with van der Waals surface area (Å²) in [6, 6.07) is 15.0. The van der Waals surface area contributed by atoms with E-state index in [9.17, 15) is 14.9 Å². The first-order chi connectivity index (χ1) is 14.4. The summed E-state index contributed by atoms with van der Waals surface area (Å²) in [5.41, 5.74) is 2.99. The second-order valence-corrected chi connectivity index (χ2v) is 9.01. The van der Waals surface area contributed by atoms with Gasteiger partial charge < -0.3 is 14.5 Å². The van der Waals surface area contributed by atoms with Gasteiger partial charge in [-0.15, -0.1) is 11.8 Å². The quantitative estimate of drug-likeness (QED) is 0.755. The van der Waals surface area contributed by atoms with E-state index in [1.54, 1.807) is 29.0 Å². The van der Waals surface area contributed by atoms with Gasteiger partial charge in [-0.3, -0.25) is 9.59 Å². The molecule has 1 atom stereocenters. The summed E-state index contributed by atoms with van der Waals surface area (Å²) < 4.78 is 5.43. The summed E-state index contributed by atoms with van der Waals surface area (Å²) in [7, 11) is 1.59. The molecule has 2 amide bonds.